The van der Waals surface area contributed by atoms with E-state index in [9.17, 15) is 13.2 Å². The molecule has 3 aromatic rings. The summed E-state index contributed by atoms with van der Waals surface area (Å²) in [7, 11) is -3.53. The van der Waals surface area contributed by atoms with Gasteiger partial charge in [0.15, 0.2) is 0 Å². The van der Waals surface area contributed by atoms with Crippen molar-refractivity contribution in [1.82, 2.24) is 9.62 Å². The van der Waals surface area contributed by atoms with Crippen molar-refractivity contribution in [2.24, 2.45) is 5.92 Å². The van der Waals surface area contributed by atoms with Gasteiger partial charge in [0.05, 0.1) is 18.2 Å². The summed E-state index contributed by atoms with van der Waals surface area (Å²) in [5.41, 5.74) is 0.639. The first kappa shape index (κ1) is 23.5. The van der Waals surface area contributed by atoms with Crippen molar-refractivity contribution >= 4 is 38.3 Å². The van der Waals surface area contributed by atoms with E-state index in [4.69, 9.17) is 16.3 Å². The van der Waals surface area contributed by atoms with Crippen LogP contribution in [0.5, 0.6) is 5.75 Å². The summed E-state index contributed by atoms with van der Waals surface area (Å²) in [4.78, 5) is 12.7. The second-order valence-electron chi connectivity index (χ2n) is 8.20. The lowest BCUT2D eigenvalue weighted by Gasteiger charge is -2.31. The standard InChI is InChI=1S/C25H27ClN2O4S/c26-22-10-3-6-19(16-22)18-33(30,31)28-14-5-9-21(17-28)25(29)27-13-15-32-24-12-4-8-20-7-1-2-11-23(20)24/h1-4,6-8,10-12,16,21H,5,9,13-15,17-18H2,(H,27,29)/t21-/m0/s1. The van der Waals surface area contributed by atoms with E-state index in [1.54, 1.807) is 24.3 Å². The average molecular weight is 487 g/mol. The van der Waals surface area contributed by atoms with Gasteiger partial charge in [-0.1, -0.05) is 60.1 Å². The third kappa shape index (κ3) is 6.05. The molecule has 0 radical (unpaired) electrons. The van der Waals surface area contributed by atoms with Crippen molar-refractivity contribution in [2.75, 3.05) is 26.2 Å². The number of halogens is 1. The van der Waals surface area contributed by atoms with Gasteiger partial charge >= 0.3 is 0 Å². The molecule has 0 aromatic heterocycles. The summed E-state index contributed by atoms with van der Waals surface area (Å²) in [6.45, 7) is 1.31. The van der Waals surface area contributed by atoms with Crippen LogP contribution in [-0.2, 0) is 20.6 Å². The number of carbonyl (C=O) groups is 1. The van der Waals surface area contributed by atoms with Crippen molar-refractivity contribution in [3.63, 3.8) is 0 Å². The van der Waals surface area contributed by atoms with Gasteiger partial charge in [-0.2, -0.15) is 0 Å². The minimum absolute atomic E-state index is 0.124. The molecule has 1 aliphatic heterocycles. The van der Waals surface area contributed by atoms with E-state index in [0.29, 0.717) is 43.1 Å². The summed E-state index contributed by atoms with van der Waals surface area (Å²) in [6, 6.07) is 20.7. The maximum atomic E-state index is 12.9. The Hall–Kier alpha value is -2.61. The second-order valence-corrected chi connectivity index (χ2v) is 10.6. The molecule has 1 aliphatic rings. The van der Waals surface area contributed by atoms with Crippen LogP contribution in [0, 0.1) is 5.92 Å². The first-order valence-electron chi connectivity index (χ1n) is 11.0. The van der Waals surface area contributed by atoms with Crippen LogP contribution in [0.25, 0.3) is 10.8 Å². The van der Waals surface area contributed by atoms with Crippen LogP contribution < -0.4 is 10.1 Å². The Morgan fingerprint density at radius 2 is 1.88 bits per heavy atom. The van der Waals surface area contributed by atoms with Crippen molar-refractivity contribution in [1.29, 1.82) is 0 Å². The van der Waals surface area contributed by atoms with Gasteiger partial charge < -0.3 is 10.1 Å². The molecule has 174 valence electrons. The summed E-state index contributed by atoms with van der Waals surface area (Å²) in [5, 5.41) is 5.53. The average Bonchev–Trinajstić information content (AvgIpc) is 2.81. The number of rotatable bonds is 8. The Labute approximate surface area is 199 Å². The van der Waals surface area contributed by atoms with Gasteiger partial charge in [0, 0.05) is 23.5 Å². The third-order valence-electron chi connectivity index (χ3n) is 5.79. The van der Waals surface area contributed by atoms with Crippen LogP contribution in [0.2, 0.25) is 5.02 Å². The van der Waals surface area contributed by atoms with Crippen LogP contribution in [0.1, 0.15) is 18.4 Å². The lowest BCUT2D eigenvalue weighted by atomic mass is 9.99. The summed E-state index contributed by atoms with van der Waals surface area (Å²) in [5.74, 6) is 0.142. The van der Waals surface area contributed by atoms with E-state index in [1.807, 2.05) is 42.5 Å². The number of benzene rings is 3. The lowest BCUT2D eigenvalue weighted by Crippen LogP contribution is -2.46. The molecule has 1 saturated heterocycles. The van der Waals surface area contributed by atoms with Gasteiger partial charge in [-0.3, -0.25) is 4.79 Å². The van der Waals surface area contributed by atoms with Gasteiger partial charge in [0.2, 0.25) is 15.9 Å². The highest BCUT2D eigenvalue weighted by Crippen LogP contribution is 2.25. The van der Waals surface area contributed by atoms with Crippen LogP contribution in [0.4, 0.5) is 0 Å². The number of hydrogen-bond acceptors (Lipinski definition) is 4. The van der Waals surface area contributed by atoms with Gasteiger partial charge in [-0.15, -0.1) is 0 Å². The molecule has 0 unspecified atom stereocenters. The SMILES string of the molecule is O=C(NCCOc1cccc2ccccc12)[C@H]1CCCN(S(=O)(=O)Cc2cccc(Cl)c2)C1. The predicted molar refractivity (Wildman–Crippen MR) is 131 cm³/mol. The Morgan fingerprint density at radius 3 is 2.73 bits per heavy atom. The smallest absolute Gasteiger partial charge is 0.224 e. The molecular weight excluding hydrogens is 460 g/mol. The van der Waals surface area contributed by atoms with Crippen LogP contribution in [0.15, 0.2) is 66.7 Å². The van der Waals surface area contributed by atoms with E-state index < -0.39 is 10.0 Å². The van der Waals surface area contributed by atoms with Crippen LogP contribution in [-0.4, -0.2) is 44.9 Å². The van der Waals surface area contributed by atoms with Crippen molar-refractivity contribution in [3.05, 3.63) is 77.3 Å². The monoisotopic (exact) mass is 486 g/mol. The summed E-state index contributed by atoms with van der Waals surface area (Å²) >= 11 is 5.98. The zero-order valence-corrected chi connectivity index (χ0v) is 19.8. The number of piperidine rings is 1. The molecule has 3 aromatic carbocycles. The topological polar surface area (TPSA) is 75.7 Å². The number of amides is 1. The number of carbonyl (C=O) groups excluding carboxylic acids is 1. The molecule has 1 amide bonds. The first-order valence-corrected chi connectivity index (χ1v) is 13.0. The lowest BCUT2D eigenvalue weighted by molar-refractivity contribution is -0.126. The number of nitrogens with zero attached hydrogens (tertiary/aromatic N) is 1. The number of nitrogens with one attached hydrogen (secondary N) is 1. The van der Waals surface area contributed by atoms with E-state index in [-0.39, 0.29) is 24.1 Å². The normalized spacial score (nSPS) is 17.1. The van der Waals surface area contributed by atoms with Gasteiger partial charge in [-0.25, -0.2) is 12.7 Å². The number of hydrogen-bond donors (Lipinski definition) is 1. The highest BCUT2D eigenvalue weighted by molar-refractivity contribution is 7.88. The fourth-order valence-corrected chi connectivity index (χ4v) is 5.95. The second kappa shape index (κ2) is 10.5. The molecule has 0 bridgehead atoms. The highest BCUT2D eigenvalue weighted by Gasteiger charge is 2.32. The van der Waals surface area contributed by atoms with Crippen molar-refractivity contribution in [3.8, 4) is 5.75 Å². The van der Waals surface area contributed by atoms with Gasteiger partial charge in [0.1, 0.15) is 12.4 Å². The first-order chi connectivity index (χ1) is 15.9. The van der Waals surface area contributed by atoms with Gasteiger partial charge in [0.25, 0.3) is 0 Å². The van der Waals surface area contributed by atoms with E-state index >= 15 is 0 Å². The quantitative estimate of drug-likeness (QED) is 0.483. The molecule has 1 atom stereocenters. The molecule has 0 aliphatic carbocycles. The Bertz CT molecular complexity index is 1230. The molecule has 1 N–H and O–H groups in total. The fourth-order valence-electron chi connectivity index (χ4n) is 4.14. The zero-order valence-electron chi connectivity index (χ0n) is 18.2. The summed E-state index contributed by atoms with van der Waals surface area (Å²) < 4.78 is 33.1. The molecule has 4 rings (SSSR count). The molecule has 1 fully saturated rings. The molecule has 33 heavy (non-hydrogen) atoms. The third-order valence-corrected chi connectivity index (χ3v) is 7.85. The Morgan fingerprint density at radius 1 is 1.09 bits per heavy atom. The predicted octanol–water partition coefficient (Wildman–Crippen LogP) is 4.23. The number of sulfonamides is 1. The van der Waals surface area contributed by atoms with Crippen molar-refractivity contribution in [2.45, 2.75) is 18.6 Å². The Balaban J connectivity index is 1.28. The molecule has 6 nitrogen and oxygen atoms in total. The Kier molecular flexibility index (Phi) is 7.53. The maximum absolute atomic E-state index is 12.9. The van der Waals surface area contributed by atoms with Crippen LogP contribution >= 0.6 is 11.6 Å². The van der Waals surface area contributed by atoms with E-state index in [2.05, 4.69) is 5.32 Å². The molecule has 8 heteroatoms. The molecule has 0 saturated carbocycles. The molecule has 1 heterocycles. The summed E-state index contributed by atoms with van der Waals surface area (Å²) in [6.07, 6.45) is 1.32. The number of fused-ring (bicyclic) bond motifs is 1. The van der Waals surface area contributed by atoms with E-state index in [1.165, 1.54) is 4.31 Å². The van der Waals surface area contributed by atoms with Crippen LogP contribution in [0.3, 0.4) is 0 Å². The fraction of sp³-hybridized carbons (Fsp3) is 0.320. The largest absolute Gasteiger partial charge is 0.491 e. The maximum Gasteiger partial charge on any atom is 0.224 e. The number of ether oxygens (including phenoxy) is 1. The molecule has 0 spiro atoms. The van der Waals surface area contributed by atoms with E-state index in [0.717, 1.165) is 16.5 Å². The zero-order chi connectivity index (χ0) is 23.3. The molecular formula is C25H27ClN2O4S. The van der Waals surface area contributed by atoms with Crippen molar-refractivity contribution < 1.29 is 17.9 Å². The highest BCUT2D eigenvalue weighted by atomic mass is 35.5. The van der Waals surface area contributed by atoms with Gasteiger partial charge in [-0.05, 0) is 42.0 Å². The minimum atomic E-state index is -3.53. The minimum Gasteiger partial charge on any atom is -0.491 e.